The van der Waals surface area contributed by atoms with E-state index in [1.165, 1.54) is 22.6 Å². The van der Waals surface area contributed by atoms with Gasteiger partial charge in [0.15, 0.2) is 0 Å². The summed E-state index contributed by atoms with van der Waals surface area (Å²) in [5, 5.41) is 0. The number of amides is 2. The van der Waals surface area contributed by atoms with E-state index in [1.807, 2.05) is 42.5 Å². The highest BCUT2D eigenvalue weighted by atomic mass is 19.1. The molecule has 2 aliphatic heterocycles. The van der Waals surface area contributed by atoms with Gasteiger partial charge in [-0.3, -0.25) is 19.4 Å². The number of hydrogen-bond donors (Lipinski definition) is 0. The van der Waals surface area contributed by atoms with Crippen molar-refractivity contribution in [3.63, 3.8) is 0 Å². The predicted molar refractivity (Wildman–Crippen MR) is 109 cm³/mol. The van der Waals surface area contributed by atoms with Crippen molar-refractivity contribution in [1.82, 2.24) is 9.80 Å². The standard InChI is InChI=1S/C24H27FN2O2/c25-21-10-8-18(9-11-21)6-7-19-12-14-26(15-13-19)22-16-23(28)27(24(22)29)17-20-4-2-1-3-5-20/h1-5,8-11,19,22H,6-7,12-17H2/t22-/m0/s1. The fourth-order valence-electron chi connectivity index (χ4n) is 4.46. The number of hydrogen-bond acceptors (Lipinski definition) is 3. The van der Waals surface area contributed by atoms with Gasteiger partial charge < -0.3 is 0 Å². The number of nitrogens with zero attached hydrogens (tertiary/aromatic N) is 2. The molecule has 1 atom stereocenters. The Labute approximate surface area is 171 Å². The lowest BCUT2D eigenvalue weighted by Gasteiger charge is -2.34. The second-order valence-corrected chi connectivity index (χ2v) is 8.17. The maximum atomic E-state index is 13.0. The SMILES string of the molecule is O=C1C[C@H](N2CCC(CCc3ccc(F)cc3)CC2)C(=O)N1Cc1ccccc1. The largest absolute Gasteiger partial charge is 0.292 e. The first-order valence-corrected chi connectivity index (χ1v) is 10.5. The number of rotatable bonds is 6. The Hall–Kier alpha value is -2.53. The molecule has 2 heterocycles. The minimum absolute atomic E-state index is 0.0522. The van der Waals surface area contributed by atoms with Gasteiger partial charge in [-0.25, -0.2) is 4.39 Å². The van der Waals surface area contributed by atoms with E-state index < -0.39 is 0 Å². The molecule has 5 heteroatoms. The molecule has 0 aromatic heterocycles. The van der Waals surface area contributed by atoms with Gasteiger partial charge in [0.25, 0.3) is 0 Å². The summed E-state index contributed by atoms with van der Waals surface area (Å²) in [7, 11) is 0. The summed E-state index contributed by atoms with van der Waals surface area (Å²) in [4.78, 5) is 28.9. The highest BCUT2D eigenvalue weighted by molar-refractivity contribution is 6.05. The first kappa shape index (κ1) is 19.8. The van der Waals surface area contributed by atoms with Gasteiger partial charge >= 0.3 is 0 Å². The lowest BCUT2D eigenvalue weighted by Crippen LogP contribution is -2.45. The Balaban J connectivity index is 1.27. The monoisotopic (exact) mass is 394 g/mol. The number of imide groups is 1. The number of benzene rings is 2. The second kappa shape index (κ2) is 8.87. The number of piperidine rings is 1. The van der Waals surface area contributed by atoms with Gasteiger partial charge in [0, 0.05) is 0 Å². The van der Waals surface area contributed by atoms with Crippen molar-refractivity contribution >= 4 is 11.8 Å². The molecular formula is C24H27FN2O2. The average Bonchev–Trinajstić information content (AvgIpc) is 3.03. The summed E-state index contributed by atoms with van der Waals surface area (Å²) in [6.07, 6.45) is 4.41. The topological polar surface area (TPSA) is 40.6 Å². The third-order valence-electron chi connectivity index (χ3n) is 6.25. The summed E-state index contributed by atoms with van der Waals surface area (Å²) >= 11 is 0. The highest BCUT2D eigenvalue weighted by Gasteiger charge is 2.42. The van der Waals surface area contributed by atoms with E-state index >= 15 is 0 Å². The van der Waals surface area contributed by atoms with Crippen molar-refractivity contribution in [2.24, 2.45) is 5.92 Å². The van der Waals surface area contributed by atoms with Gasteiger partial charge in [0.05, 0.1) is 19.0 Å². The zero-order valence-electron chi connectivity index (χ0n) is 16.6. The molecule has 2 amide bonds. The van der Waals surface area contributed by atoms with Crippen molar-refractivity contribution in [3.8, 4) is 0 Å². The Kier molecular flexibility index (Phi) is 6.05. The second-order valence-electron chi connectivity index (χ2n) is 8.17. The summed E-state index contributed by atoms with van der Waals surface area (Å²) in [5.74, 6) is 0.300. The normalized spacial score (nSPS) is 21.1. The fraction of sp³-hybridized carbons (Fsp3) is 0.417. The van der Waals surface area contributed by atoms with Crippen LogP contribution in [-0.4, -0.2) is 40.7 Å². The lowest BCUT2D eigenvalue weighted by molar-refractivity contribution is -0.140. The van der Waals surface area contributed by atoms with Gasteiger partial charge in [0.2, 0.25) is 11.8 Å². The summed E-state index contributed by atoms with van der Waals surface area (Å²) in [6.45, 7) is 2.08. The third kappa shape index (κ3) is 4.73. The molecule has 2 aromatic rings. The van der Waals surface area contributed by atoms with Crippen molar-refractivity contribution in [1.29, 1.82) is 0 Å². The third-order valence-corrected chi connectivity index (χ3v) is 6.25. The van der Waals surface area contributed by atoms with Crippen LogP contribution in [0.2, 0.25) is 0 Å². The first-order chi connectivity index (χ1) is 14.1. The first-order valence-electron chi connectivity index (χ1n) is 10.5. The van der Waals surface area contributed by atoms with Crippen LogP contribution in [0.25, 0.3) is 0 Å². The number of halogens is 1. The molecule has 0 aliphatic carbocycles. The van der Waals surface area contributed by atoms with E-state index in [2.05, 4.69) is 4.90 Å². The average molecular weight is 394 g/mol. The highest BCUT2D eigenvalue weighted by Crippen LogP contribution is 2.28. The van der Waals surface area contributed by atoms with Crippen LogP contribution in [0, 0.1) is 11.7 Å². The molecule has 29 heavy (non-hydrogen) atoms. The van der Waals surface area contributed by atoms with Crippen LogP contribution in [0.5, 0.6) is 0 Å². The summed E-state index contributed by atoms with van der Waals surface area (Å²) in [5.41, 5.74) is 2.15. The van der Waals surface area contributed by atoms with Crippen LogP contribution < -0.4 is 0 Å². The zero-order chi connectivity index (χ0) is 20.2. The van der Waals surface area contributed by atoms with E-state index in [-0.39, 0.29) is 23.7 Å². The maximum absolute atomic E-state index is 13.0. The van der Waals surface area contributed by atoms with Gasteiger partial charge in [-0.1, -0.05) is 42.5 Å². The van der Waals surface area contributed by atoms with Crippen LogP contribution in [0.1, 0.15) is 36.8 Å². The molecule has 0 N–H and O–H groups in total. The van der Waals surface area contributed by atoms with Crippen LogP contribution in [0.4, 0.5) is 4.39 Å². The van der Waals surface area contributed by atoms with Gasteiger partial charge in [-0.05, 0) is 68.0 Å². The Bertz CT molecular complexity index is 845. The zero-order valence-corrected chi connectivity index (χ0v) is 16.6. The van der Waals surface area contributed by atoms with Gasteiger partial charge in [0.1, 0.15) is 5.82 Å². The molecule has 2 saturated heterocycles. The van der Waals surface area contributed by atoms with Crippen molar-refractivity contribution < 1.29 is 14.0 Å². The van der Waals surface area contributed by atoms with E-state index in [1.54, 1.807) is 0 Å². The number of aryl methyl sites for hydroxylation is 1. The van der Waals surface area contributed by atoms with Crippen LogP contribution >= 0.6 is 0 Å². The van der Waals surface area contributed by atoms with E-state index in [4.69, 9.17) is 0 Å². The molecule has 0 unspecified atom stereocenters. The quantitative estimate of drug-likeness (QED) is 0.700. The Morgan fingerprint density at radius 1 is 0.897 bits per heavy atom. The summed E-state index contributed by atoms with van der Waals surface area (Å²) < 4.78 is 13.0. The minimum atomic E-state index is -0.302. The van der Waals surface area contributed by atoms with Crippen LogP contribution in [-0.2, 0) is 22.6 Å². The smallest absolute Gasteiger partial charge is 0.247 e. The molecular weight excluding hydrogens is 367 g/mol. The number of likely N-dealkylation sites (tertiary alicyclic amines) is 2. The molecule has 0 radical (unpaired) electrons. The minimum Gasteiger partial charge on any atom is -0.292 e. The van der Waals surface area contributed by atoms with Crippen LogP contribution in [0.15, 0.2) is 54.6 Å². The number of carbonyl (C=O) groups excluding carboxylic acids is 2. The van der Waals surface area contributed by atoms with E-state index in [9.17, 15) is 14.0 Å². The lowest BCUT2D eigenvalue weighted by atomic mass is 9.90. The molecule has 4 nitrogen and oxygen atoms in total. The van der Waals surface area contributed by atoms with E-state index in [0.717, 1.165) is 44.3 Å². The molecule has 0 saturated carbocycles. The number of carbonyl (C=O) groups is 2. The maximum Gasteiger partial charge on any atom is 0.247 e. The molecule has 152 valence electrons. The van der Waals surface area contributed by atoms with Crippen molar-refractivity contribution in [2.45, 2.75) is 44.7 Å². The van der Waals surface area contributed by atoms with Crippen LogP contribution in [0.3, 0.4) is 0 Å². The molecule has 2 aliphatic rings. The summed E-state index contributed by atoms with van der Waals surface area (Å²) in [6, 6.07) is 16.1. The van der Waals surface area contributed by atoms with Gasteiger partial charge in [-0.2, -0.15) is 0 Å². The van der Waals surface area contributed by atoms with Crippen molar-refractivity contribution in [3.05, 3.63) is 71.5 Å². The Morgan fingerprint density at radius 3 is 2.28 bits per heavy atom. The predicted octanol–water partition coefficient (Wildman–Crippen LogP) is 3.80. The van der Waals surface area contributed by atoms with Gasteiger partial charge in [-0.15, -0.1) is 0 Å². The molecule has 2 aromatic carbocycles. The van der Waals surface area contributed by atoms with Crippen molar-refractivity contribution in [2.75, 3.05) is 13.1 Å². The molecule has 4 rings (SSSR count). The fourth-order valence-corrected chi connectivity index (χ4v) is 4.46. The Morgan fingerprint density at radius 2 is 1.59 bits per heavy atom. The molecule has 0 bridgehead atoms. The van der Waals surface area contributed by atoms with E-state index in [0.29, 0.717) is 18.9 Å². The molecule has 2 fully saturated rings. The molecule has 0 spiro atoms.